The van der Waals surface area contributed by atoms with E-state index < -0.39 is 10.5 Å². The fraction of sp³-hybridized carbons (Fsp3) is 0.500. The summed E-state index contributed by atoms with van der Waals surface area (Å²) in [6.45, 7) is 2.84. The van der Waals surface area contributed by atoms with Crippen LogP contribution in [-0.2, 0) is 0 Å². The molecule has 0 aliphatic rings. The maximum Gasteiger partial charge on any atom is 0.295 e. The number of anilines is 1. The molecule has 0 aliphatic heterocycles. The Morgan fingerprint density at radius 2 is 2.00 bits per heavy atom. The number of nitro groups is 1. The van der Waals surface area contributed by atoms with Crippen LogP contribution >= 0.6 is 0 Å². The van der Waals surface area contributed by atoms with Gasteiger partial charge in [-0.15, -0.1) is 0 Å². The summed E-state index contributed by atoms with van der Waals surface area (Å²) in [4.78, 5) is 10.6. The lowest BCUT2D eigenvalue weighted by atomic mass is 9.97. The van der Waals surface area contributed by atoms with Gasteiger partial charge in [-0.1, -0.05) is 19.1 Å². The molecule has 0 saturated heterocycles. The fourth-order valence-electron chi connectivity index (χ4n) is 1.73. The first-order chi connectivity index (χ1) is 8.49. The van der Waals surface area contributed by atoms with Gasteiger partial charge in [0.1, 0.15) is 5.69 Å². The van der Waals surface area contributed by atoms with Crippen LogP contribution < -0.4 is 5.32 Å². The van der Waals surface area contributed by atoms with Crippen molar-refractivity contribution < 1.29 is 15.1 Å². The molecule has 6 nitrogen and oxygen atoms in total. The average molecular weight is 254 g/mol. The molecule has 18 heavy (non-hydrogen) atoms. The number of nitrogens with zero attached hydrogens (tertiary/aromatic N) is 1. The van der Waals surface area contributed by atoms with Crippen LogP contribution in [0, 0.1) is 17.0 Å². The van der Waals surface area contributed by atoms with Gasteiger partial charge in [-0.3, -0.25) is 10.1 Å². The highest BCUT2D eigenvalue weighted by Gasteiger charge is 2.29. The van der Waals surface area contributed by atoms with Crippen molar-refractivity contribution in [2.24, 2.45) is 0 Å². The molecular formula is C12H18N2O4. The van der Waals surface area contributed by atoms with E-state index >= 15 is 0 Å². The quantitative estimate of drug-likeness (QED) is 0.527. The smallest absolute Gasteiger partial charge is 0.295 e. The van der Waals surface area contributed by atoms with Crippen molar-refractivity contribution >= 4 is 11.4 Å². The van der Waals surface area contributed by atoms with Crippen LogP contribution in [0.2, 0.25) is 0 Å². The molecule has 0 atom stereocenters. The van der Waals surface area contributed by atoms with Crippen molar-refractivity contribution in [2.45, 2.75) is 25.8 Å². The monoisotopic (exact) mass is 254 g/mol. The van der Waals surface area contributed by atoms with Crippen LogP contribution in [0.4, 0.5) is 11.4 Å². The first-order valence-electron chi connectivity index (χ1n) is 5.73. The van der Waals surface area contributed by atoms with Crippen LogP contribution in [0.25, 0.3) is 0 Å². The van der Waals surface area contributed by atoms with Crippen molar-refractivity contribution in [1.82, 2.24) is 0 Å². The van der Waals surface area contributed by atoms with Crippen LogP contribution in [-0.4, -0.2) is 33.9 Å². The Bertz CT molecular complexity index is 422. The third kappa shape index (κ3) is 2.77. The Balaban J connectivity index is 3.18. The normalized spacial score (nSPS) is 11.3. The minimum absolute atomic E-state index is 0.0303. The molecule has 100 valence electrons. The Hall–Kier alpha value is -1.66. The van der Waals surface area contributed by atoms with Crippen LogP contribution in [0.3, 0.4) is 0 Å². The maximum absolute atomic E-state index is 11.0. The van der Waals surface area contributed by atoms with Crippen LogP contribution in [0.15, 0.2) is 18.2 Å². The molecule has 0 aliphatic carbocycles. The largest absolute Gasteiger partial charge is 0.394 e. The molecule has 1 aromatic rings. The second kappa shape index (κ2) is 5.79. The number of hydrogen-bond acceptors (Lipinski definition) is 5. The van der Waals surface area contributed by atoms with E-state index in [1.165, 1.54) is 0 Å². The lowest BCUT2D eigenvalue weighted by Gasteiger charge is -2.30. The molecule has 6 heteroatoms. The van der Waals surface area contributed by atoms with Gasteiger partial charge in [-0.2, -0.15) is 0 Å². The zero-order valence-electron chi connectivity index (χ0n) is 10.5. The molecule has 1 rings (SSSR count). The van der Waals surface area contributed by atoms with Crippen molar-refractivity contribution in [3.8, 4) is 0 Å². The van der Waals surface area contributed by atoms with Crippen molar-refractivity contribution in [1.29, 1.82) is 0 Å². The van der Waals surface area contributed by atoms with E-state index in [0.29, 0.717) is 17.7 Å². The van der Waals surface area contributed by atoms with E-state index in [1.54, 1.807) is 32.0 Å². The Morgan fingerprint density at radius 1 is 1.39 bits per heavy atom. The van der Waals surface area contributed by atoms with E-state index in [9.17, 15) is 20.3 Å². The fourth-order valence-corrected chi connectivity index (χ4v) is 1.73. The Labute approximate surface area is 105 Å². The van der Waals surface area contributed by atoms with Crippen molar-refractivity contribution in [2.75, 3.05) is 18.5 Å². The topological polar surface area (TPSA) is 95.6 Å². The number of aliphatic hydroxyl groups excluding tert-OH is 2. The molecule has 0 amide bonds. The number of hydrogen-bond donors (Lipinski definition) is 3. The average Bonchev–Trinajstić information content (AvgIpc) is 2.35. The SMILES string of the molecule is CCC(CO)(CO)Nc1cccc(C)c1[N+](=O)[O-]. The lowest BCUT2D eigenvalue weighted by molar-refractivity contribution is -0.384. The highest BCUT2D eigenvalue weighted by Crippen LogP contribution is 2.30. The predicted molar refractivity (Wildman–Crippen MR) is 68.6 cm³/mol. The summed E-state index contributed by atoms with van der Waals surface area (Å²) in [6.07, 6.45) is 0.450. The Morgan fingerprint density at radius 3 is 2.44 bits per heavy atom. The molecule has 0 fully saturated rings. The number of benzene rings is 1. The third-order valence-electron chi connectivity index (χ3n) is 3.10. The second-order valence-electron chi connectivity index (χ2n) is 4.30. The van der Waals surface area contributed by atoms with Gasteiger partial charge >= 0.3 is 0 Å². The minimum Gasteiger partial charge on any atom is -0.394 e. The minimum atomic E-state index is -0.946. The molecule has 0 spiro atoms. The van der Waals surface area contributed by atoms with Crippen molar-refractivity contribution in [3.63, 3.8) is 0 Å². The molecule has 3 N–H and O–H groups in total. The summed E-state index contributed by atoms with van der Waals surface area (Å²) < 4.78 is 0. The second-order valence-corrected chi connectivity index (χ2v) is 4.30. The van der Waals surface area contributed by atoms with Gasteiger partial charge in [0.2, 0.25) is 0 Å². The standard InChI is InChI=1S/C12H18N2O4/c1-3-12(7-15,8-16)13-10-6-4-5-9(2)11(10)14(17)18/h4-6,13,15-16H,3,7-8H2,1-2H3. The molecule has 0 radical (unpaired) electrons. The summed E-state index contributed by atoms with van der Waals surface area (Å²) in [5.74, 6) is 0. The number of aliphatic hydroxyl groups is 2. The molecule has 0 bridgehead atoms. The number of nitrogens with one attached hydrogen (secondary N) is 1. The van der Waals surface area contributed by atoms with Gasteiger partial charge in [0.05, 0.1) is 23.7 Å². The van der Waals surface area contributed by atoms with Gasteiger partial charge < -0.3 is 15.5 Å². The molecule has 0 saturated carbocycles. The summed E-state index contributed by atoms with van der Waals surface area (Å²) in [5, 5.41) is 32.6. The molecule has 0 aromatic heterocycles. The number of rotatable bonds is 6. The van der Waals surface area contributed by atoms with E-state index in [-0.39, 0.29) is 18.9 Å². The summed E-state index contributed by atoms with van der Waals surface area (Å²) in [7, 11) is 0. The zero-order valence-corrected chi connectivity index (χ0v) is 10.5. The highest BCUT2D eigenvalue weighted by atomic mass is 16.6. The van der Waals surface area contributed by atoms with E-state index in [0.717, 1.165) is 0 Å². The first-order valence-corrected chi connectivity index (χ1v) is 5.73. The summed E-state index contributed by atoms with van der Waals surface area (Å²) in [6, 6.07) is 4.91. The summed E-state index contributed by atoms with van der Waals surface area (Å²) in [5.41, 5.74) is -0.133. The number of nitro benzene ring substituents is 1. The molecule has 0 heterocycles. The van der Waals surface area contributed by atoms with Crippen molar-refractivity contribution in [3.05, 3.63) is 33.9 Å². The summed E-state index contributed by atoms with van der Waals surface area (Å²) >= 11 is 0. The first kappa shape index (κ1) is 14.4. The van der Waals surface area contributed by atoms with E-state index in [4.69, 9.17) is 0 Å². The van der Waals surface area contributed by atoms with Gasteiger partial charge in [0.15, 0.2) is 0 Å². The predicted octanol–water partition coefficient (Wildman–Crippen LogP) is 1.45. The van der Waals surface area contributed by atoms with E-state index in [1.807, 2.05) is 0 Å². The molecule has 1 aromatic carbocycles. The number of para-hydroxylation sites is 1. The van der Waals surface area contributed by atoms with Gasteiger partial charge in [0.25, 0.3) is 5.69 Å². The van der Waals surface area contributed by atoms with Gasteiger partial charge in [-0.05, 0) is 19.4 Å². The number of aryl methyl sites for hydroxylation is 1. The zero-order chi connectivity index (χ0) is 13.8. The molecular weight excluding hydrogens is 236 g/mol. The van der Waals surface area contributed by atoms with Gasteiger partial charge in [0, 0.05) is 5.56 Å². The maximum atomic E-state index is 11.0. The van der Waals surface area contributed by atoms with Crippen LogP contribution in [0.1, 0.15) is 18.9 Å². The highest BCUT2D eigenvalue weighted by molar-refractivity contribution is 5.66. The third-order valence-corrected chi connectivity index (χ3v) is 3.10. The van der Waals surface area contributed by atoms with E-state index in [2.05, 4.69) is 5.32 Å². The van der Waals surface area contributed by atoms with Gasteiger partial charge in [-0.25, -0.2) is 0 Å². The Kier molecular flexibility index (Phi) is 4.63. The lowest BCUT2D eigenvalue weighted by Crippen LogP contribution is -2.45. The van der Waals surface area contributed by atoms with Crippen LogP contribution in [0.5, 0.6) is 0 Å². The molecule has 0 unspecified atom stereocenters.